The minimum absolute atomic E-state index is 0.216. The molecular weight excluding hydrogens is 532 g/mol. The van der Waals surface area contributed by atoms with Crippen molar-refractivity contribution in [2.75, 3.05) is 14.2 Å². The molecule has 0 radical (unpaired) electrons. The van der Waals surface area contributed by atoms with Crippen LogP contribution in [0.5, 0.6) is 0 Å². The Bertz CT molecular complexity index is 599. The Kier molecular flexibility index (Phi) is 4.29. The molecule has 1 aromatic rings. The molecule has 2 aliphatic carbocycles. The van der Waals surface area contributed by atoms with Crippen molar-refractivity contribution < 1.29 is 9.47 Å². The fourth-order valence-electron chi connectivity index (χ4n) is 3.68. The van der Waals surface area contributed by atoms with E-state index in [0.717, 1.165) is 15.4 Å². The van der Waals surface area contributed by atoms with E-state index in [-0.39, 0.29) is 5.92 Å². The smallest absolute Gasteiger partial charge is 0.208 e. The summed E-state index contributed by atoms with van der Waals surface area (Å²) >= 11 is 15.3. The third kappa shape index (κ3) is 1.81. The summed E-state index contributed by atoms with van der Waals surface area (Å²) in [4.78, 5) is 0. The molecule has 2 bridgehead atoms. The summed E-state index contributed by atoms with van der Waals surface area (Å²) < 4.78 is 13.0. The molecular formula is C15H14Br4O2. The van der Waals surface area contributed by atoms with Crippen LogP contribution in [0.4, 0.5) is 0 Å². The highest BCUT2D eigenvalue weighted by atomic mass is 79.9. The van der Waals surface area contributed by atoms with Gasteiger partial charge in [0, 0.05) is 29.1 Å². The van der Waals surface area contributed by atoms with E-state index in [0.29, 0.717) is 0 Å². The highest BCUT2D eigenvalue weighted by Crippen LogP contribution is 2.75. The first kappa shape index (κ1) is 16.7. The normalized spacial score (nSPS) is 37.3. The van der Waals surface area contributed by atoms with Gasteiger partial charge in [0.2, 0.25) is 5.79 Å². The number of rotatable bonds is 3. The fraction of sp³-hybridized carbons (Fsp3) is 0.467. The van der Waals surface area contributed by atoms with E-state index in [9.17, 15) is 0 Å². The maximum absolute atomic E-state index is 5.92. The lowest BCUT2D eigenvalue weighted by atomic mass is 9.86. The Labute approximate surface area is 158 Å². The van der Waals surface area contributed by atoms with Gasteiger partial charge in [-0.15, -0.1) is 0 Å². The number of methoxy groups -OCH3 is 2. The van der Waals surface area contributed by atoms with Crippen molar-refractivity contribution in [3.63, 3.8) is 0 Å². The van der Waals surface area contributed by atoms with E-state index in [1.54, 1.807) is 14.2 Å². The Morgan fingerprint density at radius 2 is 1.57 bits per heavy atom. The summed E-state index contributed by atoms with van der Waals surface area (Å²) in [5, 5.41) is 0. The SMILES string of the molecule is COC1(OC)[C@@]2(Br)C[C@H](c3ccccc3)[C@]1(Br)C(Br)=C2Br. The van der Waals surface area contributed by atoms with Gasteiger partial charge in [0.05, 0.1) is 0 Å². The minimum atomic E-state index is -0.835. The molecule has 0 aromatic heterocycles. The van der Waals surface area contributed by atoms with Gasteiger partial charge < -0.3 is 9.47 Å². The molecule has 0 amide bonds. The number of ether oxygens (including phenoxy) is 2. The number of fused-ring (bicyclic) bond motifs is 2. The van der Waals surface area contributed by atoms with Crippen molar-refractivity contribution >= 4 is 63.7 Å². The molecule has 0 unspecified atom stereocenters. The first-order chi connectivity index (χ1) is 9.89. The van der Waals surface area contributed by atoms with E-state index < -0.39 is 14.4 Å². The van der Waals surface area contributed by atoms with Gasteiger partial charge in [-0.05, 0) is 12.0 Å². The second kappa shape index (κ2) is 5.42. The average molecular weight is 546 g/mol. The van der Waals surface area contributed by atoms with Crippen molar-refractivity contribution in [2.45, 2.75) is 26.8 Å². The van der Waals surface area contributed by atoms with Crippen LogP contribution >= 0.6 is 63.7 Å². The van der Waals surface area contributed by atoms with Crippen LogP contribution in [0.2, 0.25) is 0 Å². The van der Waals surface area contributed by atoms with Crippen LogP contribution < -0.4 is 0 Å². The standard InChI is InChI=1S/C15H14Br4O2/c1-20-15(21-2)13(18)8-10(9-6-4-3-5-7-9)14(15,19)12(17)11(13)16/h3-7,10H,8H2,1-2H3/t10-,13-,14+/m1/s1. The molecule has 0 heterocycles. The van der Waals surface area contributed by atoms with Gasteiger partial charge in [-0.25, -0.2) is 0 Å². The van der Waals surface area contributed by atoms with Crippen molar-refractivity contribution in [2.24, 2.45) is 0 Å². The number of halogens is 4. The summed E-state index contributed by atoms with van der Waals surface area (Å²) in [6.07, 6.45) is 0.861. The van der Waals surface area contributed by atoms with E-state index >= 15 is 0 Å². The van der Waals surface area contributed by atoms with Gasteiger partial charge in [-0.2, -0.15) is 0 Å². The second-order valence-corrected chi connectivity index (χ2v) is 9.52. The maximum atomic E-state index is 5.92. The Morgan fingerprint density at radius 1 is 1.00 bits per heavy atom. The summed E-state index contributed by atoms with van der Waals surface area (Å²) in [5.74, 6) is -0.619. The fourth-order valence-corrected chi connectivity index (χ4v) is 8.53. The zero-order chi connectivity index (χ0) is 15.5. The lowest BCUT2D eigenvalue weighted by molar-refractivity contribution is -0.211. The second-order valence-electron chi connectivity index (χ2n) is 5.33. The van der Waals surface area contributed by atoms with Crippen LogP contribution in [0.1, 0.15) is 17.9 Å². The molecule has 1 aromatic carbocycles. The van der Waals surface area contributed by atoms with Gasteiger partial charge in [-0.3, -0.25) is 0 Å². The molecule has 2 nitrogen and oxygen atoms in total. The summed E-state index contributed by atoms with van der Waals surface area (Å²) in [7, 11) is 3.38. The molecule has 0 aliphatic heterocycles. The molecule has 3 atom stereocenters. The molecule has 1 saturated carbocycles. The van der Waals surface area contributed by atoms with Crippen molar-refractivity contribution in [1.82, 2.24) is 0 Å². The van der Waals surface area contributed by atoms with Gasteiger partial charge in [-0.1, -0.05) is 94.1 Å². The van der Waals surface area contributed by atoms with Crippen LogP contribution in [0.15, 0.2) is 39.3 Å². The Balaban J connectivity index is 2.23. The highest BCUT2D eigenvalue weighted by molar-refractivity contribution is 9.16. The topological polar surface area (TPSA) is 18.5 Å². The Morgan fingerprint density at radius 3 is 2.05 bits per heavy atom. The molecule has 114 valence electrons. The van der Waals surface area contributed by atoms with E-state index in [1.165, 1.54) is 5.56 Å². The van der Waals surface area contributed by atoms with Crippen LogP contribution in [0.25, 0.3) is 0 Å². The molecule has 0 saturated heterocycles. The largest absolute Gasteiger partial charge is 0.350 e. The van der Waals surface area contributed by atoms with Crippen molar-refractivity contribution in [3.05, 3.63) is 44.9 Å². The van der Waals surface area contributed by atoms with Crippen LogP contribution in [0, 0.1) is 0 Å². The van der Waals surface area contributed by atoms with Gasteiger partial charge in [0.15, 0.2) is 0 Å². The monoisotopic (exact) mass is 542 g/mol. The lowest BCUT2D eigenvalue weighted by Crippen LogP contribution is -2.56. The van der Waals surface area contributed by atoms with Crippen LogP contribution in [-0.4, -0.2) is 28.7 Å². The molecule has 2 aliphatic rings. The first-order valence-corrected chi connectivity index (χ1v) is 9.65. The van der Waals surface area contributed by atoms with Crippen LogP contribution in [-0.2, 0) is 9.47 Å². The van der Waals surface area contributed by atoms with Gasteiger partial charge in [0.25, 0.3) is 0 Å². The van der Waals surface area contributed by atoms with Crippen molar-refractivity contribution in [1.29, 1.82) is 0 Å². The molecule has 6 heteroatoms. The average Bonchev–Trinajstić information content (AvgIpc) is 2.79. The lowest BCUT2D eigenvalue weighted by Gasteiger charge is -2.42. The third-order valence-corrected chi connectivity index (χ3v) is 11.0. The number of benzene rings is 1. The van der Waals surface area contributed by atoms with Crippen molar-refractivity contribution in [3.8, 4) is 0 Å². The molecule has 0 spiro atoms. The van der Waals surface area contributed by atoms with Gasteiger partial charge >= 0.3 is 0 Å². The van der Waals surface area contributed by atoms with Crippen LogP contribution in [0.3, 0.4) is 0 Å². The number of hydrogen-bond donors (Lipinski definition) is 0. The summed E-state index contributed by atoms with van der Waals surface area (Å²) in [6, 6.07) is 10.4. The molecule has 1 fully saturated rings. The minimum Gasteiger partial charge on any atom is -0.350 e. The number of alkyl halides is 2. The molecule has 21 heavy (non-hydrogen) atoms. The van der Waals surface area contributed by atoms with E-state index in [1.807, 2.05) is 6.07 Å². The summed E-state index contributed by atoms with van der Waals surface area (Å²) in [6.45, 7) is 0. The van der Waals surface area contributed by atoms with Gasteiger partial charge in [0.1, 0.15) is 8.65 Å². The zero-order valence-electron chi connectivity index (χ0n) is 11.5. The third-order valence-electron chi connectivity index (χ3n) is 4.60. The summed E-state index contributed by atoms with van der Waals surface area (Å²) in [5.41, 5.74) is 1.26. The maximum Gasteiger partial charge on any atom is 0.208 e. The molecule has 0 N–H and O–H groups in total. The zero-order valence-corrected chi connectivity index (χ0v) is 17.8. The number of hydrogen-bond acceptors (Lipinski definition) is 2. The van der Waals surface area contributed by atoms with E-state index in [2.05, 4.69) is 88.0 Å². The molecule has 3 rings (SSSR count). The first-order valence-electron chi connectivity index (χ1n) is 6.48. The predicted molar refractivity (Wildman–Crippen MR) is 98.7 cm³/mol. The highest BCUT2D eigenvalue weighted by Gasteiger charge is 2.79. The Hall–Kier alpha value is 0.800. The quantitative estimate of drug-likeness (QED) is 0.372. The predicted octanol–water partition coefficient (Wildman–Crippen LogP) is 5.45. The van der Waals surface area contributed by atoms with E-state index in [4.69, 9.17) is 9.47 Å².